The third-order valence-corrected chi connectivity index (χ3v) is 6.76. The van der Waals surface area contributed by atoms with Crippen LogP contribution in [0.2, 0.25) is 5.02 Å². The summed E-state index contributed by atoms with van der Waals surface area (Å²) in [5.41, 5.74) is 14.3. The largest absolute Gasteiger partial charge is 0.370 e. The van der Waals surface area contributed by atoms with Crippen molar-refractivity contribution in [2.24, 2.45) is 16.5 Å². The van der Waals surface area contributed by atoms with Crippen LogP contribution >= 0.6 is 11.6 Å². The number of carbonyl (C=O) groups excluding carboxylic acids is 1. The van der Waals surface area contributed by atoms with Gasteiger partial charge >= 0.3 is 0 Å². The first-order valence-corrected chi connectivity index (χ1v) is 13.5. The number of aromatic amines is 1. The fraction of sp³-hybridized carbons (Fsp3) is 0.321. The zero-order valence-electron chi connectivity index (χ0n) is 22.2. The van der Waals surface area contributed by atoms with E-state index in [-0.39, 0.29) is 22.9 Å². The lowest BCUT2D eigenvalue weighted by Gasteiger charge is -2.25. The van der Waals surface area contributed by atoms with E-state index >= 15 is 4.39 Å². The average molecular weight is 569 g/mol. The maximum atomic E-state index is 15.0. The zero-order chi connectivity index (χ0) is 28.8. The molecule has 9 N–H and O–H groups in total. The van der Waals surface area contributed by atoms with Gasteiger partial charge in [0.15, 0.2) is 11.8 Å². The second kappa shape index (κ2) is 12.9. The maximum absolute atomic E-state index is 15.0. The number of hydrogen-bond donors (Lipinski definition) is 7. The number of rotatable bonds is 11. The molecular weight excluding hydrogens is 535 g/mol. The third-order valence-electron chi connectivity index (χ3n) is 6.48. The first-order valence-electron chi connectivity index (χ1n) is 13.1. The van der Waals surface area contributed by atoms with Crippen LogP contribution in [0.3, 0.4) is 0 Å². The normalized spacial score (nSPS) is 15.0. The molecule has 1 unspecified atom stereocenters. The zero-order valence-corrected chi connectivity index (χ0v) is 22.9. The number of aromatic nitrogens is 1. The lowest BCUT2D eigenvalue weighted by Crippen LogP contribution is -2.41. The van der Waals surface area contributed by atoms with Crippen LogP contribution in [0.1, 0.15) is 42.1 Å². The molecule has 0 aliphatic carbocycles. The van der Waals surface area contributed by atoms with Crippen LogP contribution in [0.4, 0.5) is 10.1 Å². The summed E-state index contributed by atoms with van der Waals surface area (Å²) < 4.78 is 15.0. The number of amides is 1. The van der Waals surface area contributed by atoms with Crippen molar-refractivity contribution in [1.82, 2.24) is 15.6 Å². The van der Waals surface area contributed by atoms with Gasteiger partial charge in [0.25, 0.3) is 5.91 Å². The molecular formula is C28H34ClFN8O2. The van der Waals surface area contributed by atoms with Crippen LogP contribution in [0.5, 0.6) is 0 Å². The fourth-order valence-corrected chi connectivity index (χ4v) is 4.67. The quantitative estimate of drug-likeness (QED) is 0.106. The standard InChI is InChI=1S/C28H34ClFN8O2/c1-16(31)4-2-5-17-12-21(24(30)22(29)13-17)23-14-19-15-38(28(40)37-25(19)36-23)20-8-6-18(7-9-20)26(39)34-10-3-11-35-27(32)33/h6-9,12-16,28,40H,2-5,10-11,31H2,1H3,(H,34,39)(H,36,37)(H4,32,33,35)/t16-,28?/m0/s1. The Morgan fingerprint density at radius 1 is 1.23 bits per heavy atom. The summed E-state index contributed by atoms with van der Waals surface area (Å²) in [5.74, 6) is -0.874. The minimum absolute atomic E-state index is 0.0419. The van der Waals surface area contributed by atoms with Crippen LogP contribution in [0.15, 0.2) is 47.5 Å². The molecule has 0 bridgehead atoms. The summed E-state index contributed by atoms with van der Waals surface area (Å²) in [6.45, 7) is 2.87. The van der Waals surface area contributed by atoms with E-state index in [0.717, 1.165) is 24.8 Å². The van der Waals surface area contributed by atoms with E-state index < -0.39 is 12.2 Å². The lowest BCUT2D eigenvalue weighted by atomic mass is 10.0. The molecule has 40 heavy (non-hydrogen) atoms. The average Bonchev–Trinajstić information content (AvgIpc) is 3.32. The molecule has 4 rings (SSSR count). The van der Waals surface area contributed by atoms with Crippen molar-refractivity contribution in [2.75, 3.05) is 18.0 Å². The van der Waals surface area contributed by atoms with Crippen molar-refractivity contribution in [3.63, 3.8) is 0 Å². The van der Waals surface area contributed by atoms with Crippen LogP contribution < -0.4 is 37.7 Å². The highest BCUT2D eigenvalue weighted by atomic mass is 35.5. The van der Waals surface area contributed by atoms with E-state index in [9.17, 15) is 9.90 Å². The van der Waals surface area contributed by atoms with E-state index in [1.165, 1.54) is 0 Å². The molecule has 12 heteroatoms. The van der Waals surface area contributed by atoms with Crippen LogP contribution in [-0.4, -0.2) is 47.4 Å². The Morgan fingerprint density at radius 3 is 2.65 bits per heavy atom. The fourth-order valence-electron chi connectivity index (χ4n) is 4.43. The predicted molar refractivity (Wildman–Crippen MR) is 155 cm³/mol. The number of aliphatic hydroxyl groups is 1. The number of halogens is 2. The van der Waals surface area contributed by atoms with E-state index in [1.807, 2.05) is 6.92 Å². The van der Waals surface area contributed by atoms with Gasteiger partial charge in [0, 0.05) is 47.4 Å². The molecule has 0 fully saturated rings. The third kappa shape index (κ3) is 7.17. The summed E-state index contributed by atoms with van der Waals surface area (Å²) in [7, 11) is 0. The number of carbonyl (C=O) groups is 1. The molecule has 3 aromatic rings. The van der Waals surface area contributed by atoms with Crippen molar-refractivity contribution in [2.45, 2.75) is 45.0 Å². The van der Waals surface area contributed by atoms with Gasteiger partial charge in [-0.1, -0.05) is 11.6 Å². The van der Waals surface area contributed by atoms with Crippen LogP contribution in [0, 0.1) is 11.2 Å². The Balaban J connectivity index is 1.50. The highest BCUT2D eigenvalue weighted by Crippen LogP contribution is 2.29. The molecule has 212 valence electrons. The van der Waals surface area contributed by atoms with Crippen molar-refractivity contribution < 1.29 is 14.3 Å². The lowest BCUT2D eigenvalue weighted by molar-refractivity contribution is 0.0953. The summed E-state index contributed by atoms with van der Waals surface area (Å²) >= 11 is 6.22. The monoisotopic (exact) mass is 568 g/mol. The Bertz CT molecular complexity index is 1490. The van der Waals surface area contributed by atoms with E-state index in [2.05, 4.69) is 20.6 Å². The predicted octanol–water partition coefficient (Wildman–Crippen LogP) is 1.90. The van der Waals surface area contributed by atoms with Gasteiger partial charge in [-0.2, -0.15) is 0 Å². The summed E-state index contributed by atoms with van der Waals surface area (Å²) in [6.07, 6.45) is 3.57. The number of nitrogens with two attached hydrogens (primary N) is 2. The first-order chi connectivity index (χ1) is 19.1. The number of nitrogens with zero attached hydrogens (tertiary/aromatic N) is 2. The topological polar surface area (TPSA) is 169 Å². The van der Waals surface area contributed by atoms with Gasteiger partial charge in [-0.3, -0.25) is 10.2 Å². The number of aryl methyl sites for hydroxylation is 1. The molecule has 0 radical (unpaired) electrons. The van der Waals surface area contributed by atoms with Gasteiger partial charge < -0.3 is 37.1 Å². The summed E-state index contributed by atoms with van der Waals surface area (Å²) in [6, 6.07) is 12.0. The molecule has 10 nitrogen and oxygen atoms in total. The first kappa shape index (κ1) is 29.1. The minimum Gasteiger partial charge on any atom is -0.370 e. The van der Waals surface area contributed by atoms with E-state index in [0.29, 0.717) is 52.7 Å². The number of guanidine groups is 1. The van der Waals surface area contributed by atoms with Crippen LogP contribution in [-0.2, 0) is 6.42 Å². The molecule has 1 aliphatic rings. The highest BCUT2D eigenvalue weighted by Gasteiger charge is 2.20. The maximum Gasteiger partial charge on any atom is 0.251 e. The number of nitrogens with one attached hydrogen (secondary N) is 4. The van der Waals surface area contributed by atoms with Gasteiger partial charge in [-0.05, 0) is 80.6 Å². The Kier molecular flexibility index (Phi) is 9.41. The van der Waals surface area contributed by atoms with Gasteiger partial charge in [-0.25, -0.2) is 9.38 Å². The van der Waals surface area contributed by atoms with E-state index in [1.54, 1.807) is 53.6 Å². The Labute approximate surface area is 236 Å². The molecule has 1 aromatic heterocycles. The van der Waals surface area contributed by atoms with Gasteiger partial charge in [0.2, 0.25) is 6.35 Å². The van der Waals surface area contributed by atoms with E-state index in [4.69, 9.17) is 28.5 Å². The number of H-pyrrole nitrogens is 1. The van der Waals surface area contributed by atoms with Crippen molar-refractivity contribution in [3.05, 3.63) is 75.1 Å². The second-order valence-corrected chi connectivity index (χ2v) is 10.2. The molecule has 2 aromatic carbocycles. The van der Waals surface area contributed by atoms with Crippen molar-refractivity contribution in [1.29, 1.82) is 5.41 Å². The van der Waals surface area contributed by atoms with Crippen molar-refractivity contribution >= 4 is 35.4 Å². The smallest absolute Gasteiger partial charge is 0.251 e. The number of aliphatic hydroxyl groups excluding tert-OH is 1. The number of anilines is 1. The molecule has 2 heterocycles. The number of fused-ring (bicyclic) bond motifs is 1. The summed E-state index contributed by atoms with van der Waals surface area (Å²) in [5, 5.41) is 24.0. The summed E-state index contributed by atoms with van der Waals surface area (Å²) in [4.78, 5) is 21.4. The number of benzene rings is 2. The van der Waals surface area contributed by atoms with Crippen molar-refractivity contribution in [3.8, 4) is 11.3 Å². The SMILES string of the molecule is C[C@H](N)CCCc1cc(Cl)c(F)c(-c2cc3c([nH]2)=NC(O)N(c2ccc(C(=O)NCCCNC(=N)N)cc2)C=3)c1. The molecule has 1 aliphatic heterocycles. The number of hydrogen-bond acceptors (Lipinski definition) is 6. The molecule has 0 saturated heterocycles. The highest BCUT2D eigenvalue weighted by molar-refractivity contribution is 6.31. The molecule has 2 atom stereocenters. The Hall–Kier alpha value is -3.93. The van der Waals surface area contributed by atoms with Gasteiger partial charge in [0.05, 0.1) is 10.7 Å². The molecule has 0 spiro atoms. The Morgan fingerprint density at radius 2 is 1.95 bits per heavy atom. The molecule has 0 saturated carbocycles. The van der Waals surface area contributed by atoms with Gasteiger partial charge in [0.1, 0.15) is 5.49 Å². The molecule has 1 amide bonds. The van der Waals surface area contributed by atoms with Gasteiger partial charge in [-0.15, -0.1) is 0 Å². The minimum atomic E-state index is -1.22. The second-order valence-electron chi connectivity index (χ2n) is 9.80. The van der Waals surface area contributed by atoms with Crippen LogP contribution in [0.25, 0.3) is 17.5 Å².